The molecule has 2 aromatic rings. The summed E-state index contributed by atoms with van der Waals surface area (Å²) in [7, 11) is 0. The standard InChI is InChI=1S/C21H27N3O2/c1-13(2)9-16-11-19(12-17(20(16)22)10-14(3)4)24-23-18-7-5-15(6-8-18)21(25)26/h5-8,11-14H,9-10,22H2,1-4H3,(H,25,26). The zero-order chi connectivity index (χ0) is 19.3. The van der Waals surface area contributed by atoms with Crippen molar-refractivity contribution in [3.8, 4) is 0 Å². The molecule has 0 heterocycles. The first-order valence-corrected chi connectivity index (χ1v) is 8.92. The van der Waals surface area contributed by atoms with E-state index in [0.717, 1.165) is 35.3 Å². The lowest BCUT2D eigenvalue weighted by atomic mass is 9.94. The molecule has 0 atom stereocenters. The molecule has 3 N–H and O–H groups in total. The Morgan fingerprint density at radius 1 is 0.923 bits per heavy atom. The Kier molecular flexibility index (Phi) is 6.50. The van der Waals surface area contributed by atoms with Gasteiger partial charge in [0.2, 0.25) is 0 Å². The maximum atomic E-state index is 10.9. The van der Waals surface area contributed by atoms with Crippen LogP contribution in [-0.4, -0.2) is 11.1 Å². The monoisotopic (exact) mass is 353 g/mol. The summed E-state index contributed by atoms with van der Waals surface area (Å²) in [6.45, 7) is 8.67. The molecule has 0 amide bonds. The Morgan fingerprint density at radius 2 is 1.38 bits per heavy atom. The number of carboxylic acids is 1. The molecule has 0 aliphatic rings. The highest BCUT2D eigenvalue weighted by Gasteiger charge is 2.11. The third kappa shape index (κ3) is 5.41. The number of benzene rings is 2. The van der Waals surface area contributed by atoms with Gasteiger partial charge in [-0.3, -0.25) is 0 Å². The first kappa shape index (κ1) is 19.6. The van der Waals surface area contributed by atoms with E-state index in [1.165, 1.54) is 12.1 Å². The summed E-state index contributed by atoms with van der Waals surface area (Å²) in [6, 6.07) is 10.3. The van der Waals surface area contributed by atoms with Crippen molar-refractivity contribution in [1.82, 2.24) is 0 Å². The molecule has 0 saturated heterocycles. The maximum absolute atomic E-state index is 10.9. The first-order chi connectivity index (χ1) is 12.3. The van der Waals surface area contributed by atoms with E-state index in [0.29, 0.717) is 17.5 Å². The van der Waals surface area contributed by atoms with E-state index in [1.54, 1.807) is 12.1 Å². The van der Waals surface area contributed by atoms with Crippen molar-refractivity contribution in [1.29, 1.82) is 0 Å². The molecule has 5 heteroatoms. The van der Waals surface area contributed by atoms with Crippen LogP contribution in [0.2, 0.25) is 0 Å². The van der Waals surface area contributed by atoms with E-state index in [-0.39, 0.29) is 5.56 Å². The Morgan fingerprint density at radius 3 is 1.81 bits per heavy atom. The number of anilines is 1. The fourth-order valence-electron chi connectivity index (χ4n) is 2.82. The number of hydrogen-bond donors (Lipinski definition) is 2. The summed E-state index contributed by atoms with van der Waals surface area (Å²) in [5.74, 6) is 0.0450. The smallest absolute Gasteiger partial charge is 0.335 e. The van der Waals surface area contributed by atoms with Crippen molar-refractivity contribution < 1.29 is 9.90 Å². The summed E-state index contributed by atoms with van der Waals surface area (Å²) in [5.41, 5.74) is 11.1. The third-order valence-corrected chi connectivity index (χ3v) is 3.99. The van der Waals surface area contributed by atoms with E-state index < -0.39 is 5.97 Å². The van der Waals surface area contributed by atoms with Crippen molar-refractivity contribution in [2.45, 2.75) is 40.5 Å². The number of nitrogens with zero attached hydrogens (tertiary/aromatic N) is 2. The molecule has 0 saturated carbocycles. The third-order valence-electron chi connectivity index (χ3n) is 3.99. The van der Waals surface area contributed by atoms with Crippen molar-refractivity contribution in [3.63, 3.8) is 0 Å². The fraction of sp³-hybridized carbons (Fsp3) is 0.381. The average molecular weight is 353 g/mol. The zero-order valence-electron chi connectivity index (χ0n) is 15.9. The largest absolute Gasteiger partial charge is 0.478 e. The number of aromatic carboxylic acids is 1. The van der Waals surface area contributed by atoms with Gasteiger partial charge in [0.15, 0.2) is 0 Å². The molecule has 2 aromatic carbocycles. The summed E-state index contributed by atoms with van der Waals surface area (Å²) < 4.78 is 0. The van der Waals surface area contributed by atoms with E-state index in [2.05, 4.69) is 37.9 Å². The van der Waals surface area contributed by atoms with E-state index in [1.807, 2.05) is 12.1 Å². The predicted octanol–water partition coefficient (Wildman–Crippen LogP) is 5.78. The first-order valence-electron chi connectivity index (χ1n) is 8.92. The molecule has 0 aliphatic heterocycles. The van der Waals surface area contributed by atoms with Gasteiger partial charge in [0.1, 0.15) is 0 Å². The summed E-state index contributed by atoms with van der Waals surface area (Å²) >= 11 is 0. The number of azo groups is 1. The van der Waals surface area contributed by atoms with Gasteiger partial charge in [0.05, 0.1) is 16.9 Å². The normalized spacial score (nSPS) is 11.6. The van der Waals surface area contributed by atoms with Crippen LogP contribution in [0.1, 0.15) is 49.2 Å². The van der Waals surface area contributed by atoms with E-state index in [9.17, 15) is 4.79 Å². The fourth-order valence-corrected chi connectivity index (χ4v) is 2.82. The average Bonchev–Trinajstić information content (AvgIpc) is 2.56. The molecule has 26 heavy (non-hydrogen) atoms. The van der Waals surface area contributed by atoms with Crippen LogP contribution in [0.5, 0.6) is 0 Å². The highest BCUT2D eigenvalue weighted by atomic mass is 16.4. The van der Waals surface area contributed by atoms with Gasteiger partial charge < -0.3 is 10.8 Å². The minimum atomic E-state index is -0.955. The minimum absolute atomic E-state index is 0.231. The van der Waals surface area contributed by atoms with Gasteiger partial charge in [0.25, 0.3) is 0 Å². The van der Waals surface area contributed by atoms with Gasteiger partial charge in [-0.25, -0.2) is 4.79 Å². The Hall–Kier alpha value is -2.69. The molecule has 138 valence electrons. The molecular weight excluding hydrogens is 326 g/mol. The lowest BCUT2D eigenvalue weighted by molar-refractivity contribution is 0.0697. The van der Waals surface area contributed by atoms with Crippen LogP contribution >= 0.6 is 0 Å². The van der Waals surface area contributed by atoms with Crippen molar-refractivity contribution in [3.05, 3.63) is 53.1 Å². The van der Waals surface area contributed by atoms with Crippen molar-refractivity contribution in [2.24, 2.45) is 22.1 Å². The lowest BCUT2D eigenvalue weighted by Crippen LogP contribution is -2.05. The summed E-state index contributed by atoms with van der Waals surface area (Å²) in [5, 5.41) is 17.5. The molecule has 0 bridgehead atoms. The van der Waals surface area contributed by atoms with Gasteiger partial charge >= 0.3 is 5.97 Å². The molecule has 0 aromatic heterocycles. The molecule has 0 radical (unpaired) electrons. The summed E-state index contributed by atoms with van der Waals surface area (Å²) in [6.07, 6.45) is 1.79. The predicted molar refractivity (Wildman–Crippen MR) is 106 cm³/mol. The molecule has 0 spiro atoms. The van der Waals surface area contributed by atoms with Crippen LogP contribution in [-0.2, 0) is 12.8 Å². The topological polar surface area (TPSA) is 88.0 Å². The Labute approximate surface area is 155 Å². The highest BCUT2D eigenvalue weighted by molar-refractivity contribution is 5.87. The van der Waals surface area contributed by atoms with Crippen LogP contribution in [0, 0.1) is 11.8 Å². The number of hydrogen-bond acceptors (Lipinski definition) is 4. The number of carboxylic acid groups (broad SMARTS) is 1. The van der Waals surface area contributed by atoms with Crippen molar-refractivity contribution in [2.75, 3.05) is 5.73 Å². The number of nitrogen functional groups attached to an aromatic ring is 1. The molecule has 0 unspecified atom stereocenters. The van der Waals surface area contributed by atoms with Gasteiger partial charge in [0, 0.05) is 5.69 Å². The van der Waals surface area contributed by atoms with Gasteiger partial charge in [-0.05, 0) is 72.2 Å². The second-order valence-electron chi connectivity index (χ2n) is 7.43. The molecule has 2 rings (SSSR count). The number of carbonyl (C=O) groups is 1. The lowest BCUT2D eigenvalue weighted by Gasteiger charge is -2.15. The van der Waals surface area contributed by atoms with Crippen LogP contribution in [0.15, 0.2) is 46.6 Å². The summed E-state index contributed by atoms with van der Waals surface area (Å²) in [4.78, 5) is 10.9. The Balaban J connectivity index is 2.33. The second-order valence-corrected chi connectivity index (χ2v) is 7.43. The number of nitrogens with two attached hydrogens (primary N) is 1. The Bertz CT molecular complexity index is 762. The van der Waals surface area contributed by atoms with E-state index in [4.69, 9.17) is 10.8 Å². The van der Waals surface area contributed by atoms with Crippen molar-refractivity contribution >= 4 is 23.0 Å². The zero-order valence-corrected chi connectivity index (χ0v) is 15.9. The van der Waals surface area contributed by atoms with Crippen LogP contribution in [0.3, 0.4) is 0 Å². The molecule has 5 nitrogen and oxygen atoms in total. The maximum Gasteiger partial charge on any atom is 0.335 e. The van der Waals surface area contributed by atoms with Gasteiger partial charge in [-0.2, -0.15) is 10.2 Å². The van der Waals surface area contributed by atoms with Crippen LogP contribution < -0.4 is 5.73 Å². The molecule has 0 aliphatic carbocycles. The van der Waals surface area contributed by atoms with Gasteiger partial charge in [-0.1, -0.05) is 27.7 Å². The highest BCUT2D eigenvalue weighted by Crippen LogP contribution is 2.30. The van der Waals surface area contributed by atoms with Crippen LogP contribution in [0.4, 0.5) is 17.1 Å². The molecular formula is C21H27N3O2. The van der Waals surface area contributed by atoms with Crippen LogP contribution in [0.25, 0.3) is 0 Å². The van der Waals surface area contributed by atoms with E-state index >= 15 is 0 Å². The molecule has 0 fully saturated rings. The number of rotatable bonds is 7. The quantitative estimate of drug-likeness (QED) is 0.488. The minimum Gasteiger partial charge on any atom is -0.478 e. The van der Waals surface area contributed by atoms with Gasteiger partial charge in [-0.15, -0.1) is 0 Å². The second kappa shape index (κ2) is 8.61. The SMILES string of the molecule is CC(C)Cc1cc(N=Nc2ccc(C(=O)O)cc2)cc(CC(C)C)c1N.